The summed E-state index contributed by atoms with van der Waals surface area (Å²) in [6.07, 6.45) is 8.07. The van der Waals surface area contributed by atoms with Crippen LogP contribution in [0.15, 0.2) is 0 Å². The number of nitrogens with two attached hydrogens (primary N) is 1. The molecule has 2 rings (SSSR count). The van der Waals surface area contributed by atoms with Gasteiger partial charge in [0, 0.05) is 19.8 Å². The molecule has 3 N–H and O–H groups in total. The molecule has 1 atom stereocenters. The van der Waals surface area contributed by atoms with E-state index in [0.29, 0.717) is 5.41 Å². The minimum atomic E-state index is -0.362. The summed E-state index contributed by atoms with van der Waals surface area (Å²) in [4.78, 5) is 12.2. The normalized spacial score (nSPS) is 25.2. The minimum Gasteiger partial charge on any atom is -0.381 e. The second kappa shape index (κ2) is 6.71. The summed E-state index contributed by atoms with van der Waals surface area (Å²) >= 11 is 0. The van der Waals surface area contributed by atoms with Gasteiger partial charge in [-0.05, 0) is 43.4 Å². The fourth-order valence-electron chi connectivity index (χ4n) is 3.46. The van der Waals surface area contributed by atoms with Crippen LogP contribution in [0.5, 0.6) is 0 Å². The Labute approximate surface area is 116 Å². The number of hydrogen-bond donors (Lipinski definition) is 2. The van der Waals surface area contributed by atoms with Gasteiger partial charge in [0.15, 0.2) is 0 Å². The highest BCUT2D eigenvalue weighted by Crippen LogP contribution is 2.40. The van der Waals surface area contributed by atoms with Gasteiger partial charge in [-0.3, -0.25) is 4.79 Å². The SMILES string of the molecule is CCC1(CNC(=O)C(N)C2CCOCC2)CCCC1. The van der Waals surface area contributed by atoms with Crippen molar-refractivity contribution in [1.82, 2.24) is 5.32 Å². The first-order chi connectivity index (χ1) is 9.17. The molecule has 110 valence electrons. The molecule has 0 radical (unpaired) electrons. The quantitative estimate of drug-likeness (QED) is 0.799. The van der Waals surface area contributed by atoms with Crippen molar-refractivity contribution in [3.63, 3.8) is 0 Å². The lowest BCUT2D eigenvalue weighted by atomic mass is 9.83. The number of hydrogen-bond acceptors (Lipinski definition) is 3. The standard InChI is InChI=1S/C15H28N2O2/c1-2-15(7-3-4-8-15)11-17-14(18)13(16)12-5-9-19-10-6-12/h12-13H,2-11,16H2,1H3,(H,17,18). The van der Waals surface area contributed by atoms with Crippen LogP contribution >= 0.6 is 0 Å². The molecule has 0 spiro atoms. The van der Waals surface area contributed by atoms with E-state index >= 15 is 0 Å². The van der Waals surface area contributed by atoms with Crippen LogP contribution in [-0.2, 0) is 9.53 Å². The summed E-state index contributed by atoms with van der Waals surface area (Å²) < 4.78 is 5.32. The van der Waals surface area contributed by atoms with Gasteiger partial charge in [-0.15, -0.1) is 0 Å². The molecule has 0 bridgehead atoms. The first-order valence-electron chi connectivity index (χ1n) is 7.78. The topological polar surface area (TPSA) is 64.4 Å². The molecule has 0 aromatic carbocycles. The maximum Gasteiger partial charge on any atom is 0.237 e. The molecule has 2 aliphatic rings. The van der Waals surface area contributed by atoms with E-state index in [1.807, 2.05) is 0 Å². The first kappa shape index (κ1) is 14.8. The monoisotopic (exact) mass is 268 g/mol. The molecule has 1 aliphatic heterocycles. The van der Waals surface area contributed by atoms with E-state index < -0.39 is 0 Å². The predicted octanol–water partition coefficient (Wildman–Crippen LogP) is 1.83. The maximum atomic E-state index is 12.2. The number of carbonyl (C=O) groups is 1. The van der Waals surface area contributed by atoms with E-state index in [9.17, 15) is 4.79 Å². The summed E-state index contributed by atoms with van der Waals surface area (Å²) in [5.41, 5.74) is 6.43. The first-order valence-corrected chi connectivity index (χ1v) is 7.78. The summed E-state index contributed by atoms with van der Waals surface area (Å²) in [5, 5.41) is 3.11. The summed E-state index contributed by atoms with van der Waals surface area (Å²) in [6.45, 7) is 4.52. The molecule has 1 amide bonds. The zero-order valence-corrected chi connectivity index (χ0v) is 12.1. The summed E-state index contributed by atoms with van der Waals surface area (Å²) in [7, 11) is 0. The lowest BCUT2D eigenvalue weighted by Gasteiger charge is -2.30. The molecular weight excluding hydrogens is 240 g/mol. The van der Waals surface area contributed by atoms with Gasteiger partial charge in [0.25, 0.3) is 0 Å². The van der Waals surface area contributed by atoms with Gasteiger partial charge in [0.05, 0.1) is 6.04 Å². The predicted molar refractivity (Wildman–Crippen MR) is 75.7 cm³/mol. The molecule has 0 aromatic heterocycles. The van der Waals surface area contributed by atoms with E-state index in [1.165, 1.54) is 25.7 Å². The second-order valence-corrected chi connectivity index (χ2v) is 6.25. The Balaban J connectivity index is 1.79. The average Bonchev–Trinajstić information content (AvgIpc) is 2.94. The Morgan fingerprint density at radius 1 is 1.37 bits per heavy atom. The van der Waals surface area contributed by atoms with Gasteiger partial charge in [0.1, 0.15) is 0 Å². The van der Waals surface area contributed by atoms with Crippen LogP contribution in [0.2, 0.25) is 0 Å². The van der Waals surface area contributed by atoms with Crippen molar-refractivity contribution >= 4 is 5.91 Å². The van der Waals surface area contributed by atoms with Crippen LogP contribution < -0.4 is 11.1 Å². The Morgan fingerprint density at radius 3 is 2.58 bits per heavy atom. The number of nitrogens with one attached hydrogen (secondary N) is 1. The van der Waals surface area contributed by atoms with Gasteiger partial charge in [-0.1, -0.05) is 19.8 Å². The van der Waals surface area contributed by atoms with Crippen LogP contribution in [0.25, 0.3) is 0 Å². The van der Waals surface area contributed by atoms with E-state index in [2.05, 4.69) is 12.2 Å². The molecule has 1 heterocycles. The fraction of sp³-hybridized carbons (Fsp3) is 0.933. The van der Waals surface area contributed by atoms with E-state index in [4.69, 9.17) is 10.5 Å². The number of amides is 1. The van der Waals surface area contributed by atoms with Crippen molar-refractivity contribution < 1.29 is 9.53 Å². The van der Waals surface area contributed by atoms with E-state index in [1.54, 1.807) is 0 Å². The molecule has 2 fully saturated rings. The van der Waals surface area contributed by atoms with E-state index in [-0.39, 0.29) is 17.9 Å². The van der Waals surface area contributed by atoms with Gasteiger partial charge < -0.3 is 15.8 Å². The Hall–Kier alpha value is -0.610. The molecule has 1 unspecified atom stereocenters. The van der Waals surface area contributed by atoms with Crippen molar-refractivity contribution in [3.05, 3.63) is 0 Å². The maximum absolute atomic E-state index is 12.2. The average molecular weight is 268 g/mol. The Bertz CT molecular complexity index is 295. The van der Waals surface area contributed by atoms with Crippen LogP contribution in [-0.4, -0.2) is 31.7 Å². The second-order valence-electron chi connectivity index (χ2n) is 6.25. The molecule has 19 heavy (non-hydrogen) atoms. The Kier molecular flexibility index (Phi) is 5.22. The largest absolute Gasteiger partial charge is 0.381 e. The highest BCUT2D eigenvalue weighted by Gasteiger charge is 2.33. The molecule has 1 aliphatic carbocycles. The van der Waals surface area contributed by atoms with Crippen molar-refractivity contribution in [3.8, 4) is 0 Å². The Morgan fingerprint density at radius 2 is 2.00 bits per heavy atom. The van der Waals surface area contributed by atoms with Crippen LogP contribution in [0.3, 0.4) is 0 Å². The van der Waals surface area contributed by atoms with Crippen molar-refractivity contribution in [2.24, 2.45) is 17.1 Å². The van der Waals surface area contributed by atoms with Gasteiger partial charge in [-0.2, -0.15) is 0 Å². The number of ether oxygens (including phenoxy) is 1. The molecule has 4 heteroatoms. The van der Waals surface area contributed by atoms with Gasteiger partial charge >= 0.3 is 0 Å². The molecule has 1 saturated heterocycles. The third-order valence-corrected chi connectivity index (χ3v) is 5.13. The fourth-order valence-corrected chi connectivity index (χ4v) is 3.46. The summed E-state index contributed by atoms with van der Waals surface area (Å²) in [6, 6.07) is -0.362. The van der Waals surface area contributed by atoms with Crippen LogP contribution in [0, 0.1) is 11.3 Å². The van der Waals surface area contributed by atoms with Crippen LogP contribution in [0.1, 0.15) is 51.9 Å². The van der Waals surface area contributed by atoms with Crippen molar-refractivity contribution in [2.45, 2.75) is 57.9 Å². The zero-order valence-electron chi connectivity index (χ0n) is 12.1. The number of rotatable bonds is 5. The third kappa shape index (κ3) is 3.69. The van der Waals surface area contributed by atoms with Crippen LogP contribution in [0.4, 0.5) is 0 Å². The van der Waals surface area contributed by atoms with Gasteiger partial charge in [-0.25, -0.2) is 0 Å². The highest BCUT2D eigenvalue weighted by atomic mass is 16.5. The molecule has 1 saturated carbocycles. The lowest BCUT2D eigenvalue weighted by Crippen LogP contribution is -2.49. The molecule has 0 aromatic rings. The minimum absolute atomic E-state index is 0.0339. The smallest absolute Gasteiger partial charge is 0.237 e. The molecular formula is C15H28N2O2. The highest BCUT2D eigenvalue weighted by molar-refractivity contribution is 5.81. The van der Waals surface area contributed by atoms with Crippen molar-refractivity contribution in [1.29, 1.82) is 0 Å². The lowest BCUT2D eigenvalue weighted by molar-refractivity contribution is -0.124. The molecule has 4 nitrogen and oxygen atoms in total. The zero-order chi connectivity index (χ0) is 13.7. The van der Waals surface area contributed by atoms with E-state index in [0.717, 1.165) is 39.0 Å². The summed E-state index contributed by atoms with van der Waals surface area (Å²) in [5.74, 6) is 0.321. The van der Waals surface area contributed by atoms with Crippen molar-refractivity contribution in [2.75, 3.05) is 19.8 Å². The number of carbonyl (C=O) groups excluding carboxylic acids is 1. The third-order valence-electron chi connectivity index (χ3n) is 5.13. The van der Waals surface area contributed by atoms with Gasteiger partial charge in [0.2, 0.25) is 5.91 Å².